The Morgan fingerprint density at radius 1 is 0.264 bits per heavy atom. The van der Waals surface area contributed by atoms with E-state index in [1.54, 1.807) is 0 Å². The van der Waals surface area contributed by atoms with Crippen LogP contribution in [0.15, 0.2) is 244 Å². The number of benzene rings is 12. The molecule has 0 amide bonds. The number of furan rings is 3. The summed E-state index contributed by atoms with van der Waals surface area (Å²) in [6, 6.07) is 82.3. The third-order valence-electron chi connectivity index (χ3n) is 14.8. The van der Waals surface area contributed by atoms with Crippen LogP contribution in [-0.4, -0.2) is 0 Å². The molecule has 0 saturated heterocycles. The quantitative estimate of drug-likeness (QED) is 0.166. The first kappa shape index (κ1) is 39.5. The SMILES string of the molecule is c1ccc(N(c2ccc3c(c2)oc2c3ccc3c2ccc2c4ccc(N(c5ccccc5)c5ccc6c(c5)oc5ccc7ccccc7c56)cc4sc23)c2ccc3c(c2)oc2ccc4ccccc4c23)cc1. The van der Waals surface area contributed by atoms with E-state index in [1.807, 2.05) is 11.3 Å². The third kappa shape index (κ3) is 5.81. The van der Waals surface area contributed by atoms with Crippen molar-refractivity contribution in [2.45, 2.75) is 0 Å². The van der Waals surface area contributed by atoms with Gasteiger partial charge in [0.05, 0.1) is 0 Å². The number of nitrogens with zero attached hydrogens (tertiary/aromatic N) is 2. The maximum absolute atomic E-state index is 6.97. The van der Waals surface area contributed by atoms with Crippen molar-refractivity contribution in [3.63, 3.8) is 0 Å². The normalized spacial score (nSPS) is 12.2. The van der Waals surface area contributed by atoms with Crippen molar-refractivity contribution in [1.82, 2.24) is 0 Å². The highest BCUT2D eigenvalue weighted by atomic mass is 32.1. The van der Waals surface area contributed by atoms with E-state index >= 15 is 0 Å². The molecule has 5 nitrogen and oxygen atoms in total. The first-order chi connectivity index (χ1) is 35.7. The van der Waals surface area contributed by atoms with Crippen LogP contribution < -0.4 is 9.80 Å². The summed E-state index contributed by atoms with van der Waals surface area (Å²) >= 11 is 1.84. The Morgan fingerprint density at radius 2 is 0.681 bits per heavy atom. The Morgan fingerprint density at radius 3 is 1.24 bits per heavy atom. The summed E-state index contributed by atoms with van der Waals surface area (Å²) in [6.45, 7) is 0. The van der Waals surface area contributed by atoms with Gasteiger partial charge in [0.15, 0.2) is 0 Å². The van der Waals surface area contributed by atoms with E-state index < -0.39 is 0 Å². The predicted octanol–water partition coefficient (Wildman–Crippen LogP) is 20.2. The largest absolute Gasteiger partial charge is 0.456 e. The smallest absolute Gasteiger partial charge is 0.143 e. The number of anilines is 6. The zero-order valence-corrected chi connectivity index (χ0v) is 39.3. The van der Waals surface area contributed by atoms with Gasteiger partial charge < -0.3 is 23.1 Å². The van der Waals surface area contributed by atoms with Crippen LogP contribution in [0.1, 0.15) is 0 Å². The molecule has 6 heteroatoms. The second-order valence-electron chi connectivity index (χ2n) is 18.8. The Labute approximate surface area is 415 Å². The van der Waals surface area contributed by atoms with E-state index in [0.717, 1.165) is 105 Å². The summed E-state index contributed by atoms with van der Waals surface area (Å²) in [6.07, 6.45) is 0. The number of para-hydroxylation sites is 2. The van der Waals surface area contributed by atoms with Gasteiger partial charge in [0, 0.05) is 116 Å². The summed E-state index contributed by atoms with van der Waals surface area (Å²) < 4.78 is 22.6. The molecule has 0 unspecified atom stereocenters. The Kier molecular flexibility index (Phi) is 8.26. The maximum Gasteiger partial charge on any atom is 0.143 e. The van der Waals surface area contributed by atoms with Crippen molar-refractivity contribution >= 4 is 164 Å². The highest BCUT2D eigenvalue weighted by Gasteiger charge is 2.22. The maximum atomic E-state index is 6.97. The number of hydrogen-bond acceptors (Lipinski definition) is 6. The second-order valence-corrected chi connectivity index (χ2v) is 19.8. The average Bonchev–Trinajstić information content (AvgIpc) is 4.21. The summed E-state index contributed by atoms with van der Waals surface area (Å²) in [5.41, 5.74) is 11.5. The lowest BCUT2D eigenvalue weighted by molar-refractivity contribution is 0.669. The van der Waals surface area contributed by atoms with Crippen LogP contribution in [0, 0.1) is 0 Å². The highest BCUT2D eigenvalue weighted by molar-refractivity contribution is 7.26. The fourth-order valence-corrected chi connectivity index (χ4v) is 12.8. The van der Waals surface area contributed by atoms with Crippen molar-refractivity contribution in [3.05, 3.63) is 231 Å². The van der Waals surface area contributed by atoms with Gasteiger partial charge in [-0.3, -0.25) is 0 Å². The lowest BCUT2D eigenvalue weighted by atomic mass is 10.0. The Hall–Kier alpha value is -9.36. The van der Waals surface area contributed by atoms with Crippen LogP contribution in [0.4, 0.5) is 34.1 Å². The van der Waals surface area contributed by atoms with E-state index in [-0.39, 0.29) is 0 Å². The van der Waals surface area contributed by atoms with E-state index in [2.05, 4.69) is 240 Å². The van der Waals surface area contributed by atoms with Crippen molar-refractivity contribution in [2.24, 2.45) is 0 Å². The molecule has 0 aliphatic rings. The van der Waals surface area contributed by atoms with Crippen molar-refractivity contribution < 1.29 is 13.3 Å². The van der Waals surface area contributed by atoms with Gasteiger partial charge in [0.2, 0.25) is 0 Å². The molecule has 16 rings (SSSR count). The zero-order valence-electron chi connectivity index (χ0n) is 38.5. The molecule has 4 heterocycles. The topological polar surface area (TPSA) is 45.9 Å². The molecule has 0 aliphatic heterocycles. The van der Waals surface area contributed by atoms with Crippen LogP contribution in [0.5, 0.6) is 0 Å². The number of thiophene rings is 1. The van der Waals surface area contributed by atoms with Gasteiger partial charge in [-0.25, -0.2) is 0 Å². The molecule has 0 spiro atoms. The highest BCUT2D eigenvalue weighted by Crippen LogP contribution is 2.47. The first-order valence-electron chi connectivity index (χ1n) is 24.3. The van der Waals surface area contributed by atoms with E-state index in [4.69, 9.17) is 13.3 Å². The van der Waals surface area contributed by atoms with Crippen LogP contribution in [0.25, 0.3) is 118 Å². The van der Waals surface area contributed by atoms with E-state index in [0.29, 0.717) is 0 Å². The molecule has 0 aliphatic carbocycles. The van der Waals surface area contributed by atoms with Crippen LogP contribution in [0.3, 0.4) is 0 Å². The molecular weight excluding hydrogens is 901 g/mol. The fraction of sp³-hybridized carbons (Fsp3) is 0. The number of fused-ring (bicyclic) bond motifs is 19. The van der Waals surface area contributed by atoms with Gasteiger partial charge in [-0.2, -0.15) is 0 Å². The Bertz CT molecular complexity index is 4580. The third-order valence-corrected chi connectivity index (χ3v) is 16.0. The fourth-order valence-electron chi connectivity index (χ4n) is 11.5. The van der Waals surface area contributed by atoms with Crippen molar-refractivity contribution in [2.75, 3.05) is 9.80 Å². The molecule has 0 bridgehead atoms. The number of hydrogen-bond donors (Lipinski definition) is 0. The first-order valence-corrected chi connectivity index (χ1v) is 25.1. The van der Waals surface area contributed by atoms with Gasteiger partial charge in [0.1, 0.15) is 33.5 Å². The summed E-state index contributed by atoms with van der Waals surface area (Å²) in [5.74, 6) is 0. The lowest BCUT2D eigenvalue weighted by Gasteiger charge is -2.25. The molecule has 0 N–H and O–H groups in total. The molecular formula is C66H38N2O3S. The van der Waals surface area contributed by atoms with Gasteiger partial charge in [0.25, 0.3) is 0 Å². The van der Waals surface area contributed by atoms with Gasteiger partial charge in [-0.05, 0) is 119 Å². The minimum atomic E-state index is 0.837. The van der Waals surface area contributed by atoms with Crippen LogP contribution in [0.2, 0.25) is 0 Å². The van der Waals surface area contributed by atoms with Gasteiger partial charge >= 0.3 is 0 Å². The molecule has 72 heavy (non-hydrogen) atoms. The minimum absolute atomic E-state index is 0.837. The lowest BCUT2D eigenvalue weighted by Crippen LogP contribution is -2.09. The molecule has 4 aromatic heterocycles. The summed E-state index contributed by atoms with van der Waals surface area (Å²) in [5, 5.41) is 16.3. The molecule has 0 atom stereocenters. The second kappa shape index (κ2) is 15.1. The monoisotopic (exact) mass is 938 g/mol. The van der Waals surface area contributed by atoms with Gasteiger partial charge in [-0.15, -0.1) is 11.3 Å². The Balaban J connectivity index is 0.802. The zero-order chi connectivity index (χ0) is 47.0. The predicted molar refractivity (Wildman–Crippen MR) is 303 cm³/mol. The van der Waals surface area contributed by atoms with E-state index in [1.165, 1.54) is 47.1 Å². The molecule has 0 fully saturated rings. The summed E-state index contributed by atoms with van der Waals surface area (Å²) in [4.78, 5) is 4.61. The molecule has 0 radical (unpaired) electrons. The average molecular weight is 939 g/mol. The molecule has 0 saturated carbocycles. The molecule has 336 valence electrons. The van der Waals surface area contributed by atoms with E-state index in [9.17, 15) is 0 Å². The van der Waals surface area contributed by atoms with Crippen molar-refractivity contribution in [3.8, 4) is 0 Å². The van der Waals surface area contributed by atoms with Crippen LogP contribution in [-0.2, 0) is 0 Å². The van der Waals surface area contributed by atoms with Gasteiger partial charge in [-0.1, -0.05) is 115 Å². The van der Waals surface area contributed by atoms with Crippen molar-refractivity contribution in [1.29, 1.82) is 0 Å². The van der Waals surface area contributed by atoms with Crippen LogP contribution >= 0.6 is 11.3 Å². The number of rotatable bonds is 6. The standard InChI is InChI=1S/C66H38N2O3S/c1-3-13-41(14-4-1)67(44-23-27-55-60(36-44)69-57-33-19-39-11-7-9-17-47(39)63(55)57)43-21-25-49-51-29-32-54-52(65(51)71-59(49)35-43)30-31-53-50-26-22-46(38-62(50)72-66(53)54)68(42-15-5-2-6-16-42)45-24-28-56-61(37-45)70-58-34-20-40-12-8-10-18-48(40)64(56)58/h1-38H. The molecule has 12 aromatic carbocycles. The minimum Gasteiger partial charge on any atom is -0.456 e. The summed E-state index contributed by atoms with van der Waals surface area (Å²) in [7, 11) is 0. The molecule has 16 aromatic rings.